The van der Waals surface area contributed by atoms with Crippen LogP contribution < -0.4 is 16.8 Å². The number of alkyl carbamates (subject to hydrolysis) is 1. The molecule has 7 amide bonds. The number of hydrogen-bond donors (Lipinski definition) is 6. The van der Waals surface area contributed by atoms with Crippen LogP contribution in [0, 0.1) is 0 Å². The predicted molar refractivity (Wildman–Crippen MR) is 282 cm³/mol. The molecule has 0 atom stereocenters. The van der Waals surface area contributed by atoms with Crippen molar-refractivity contribution in [3.63, 3.8) is 0 Å². The number of amides is 7. The summed E-state index contributed by atoms with van der Waals surface area (Å²) in [7, 11) is 0. The van der Waals surface area contributed by atoms with Gasteiger partial charge in [0.15, 0.2) is 0 Å². The fourth-order valence-electron chi connectivity index (χ4n) is 5.25. The summed E-state index contributed by atoms with van der Waals surface area (Å²) in [5.41, 5.74) is 9.52. The summed E-state index contributed by atoms with van der Waals surface area (Å²) < 4.78 is 15.3. The Morgan fingerprint density at radius 1 is 0.568 bits per heavy atom. The number of rotatable bonds is 22. The molecule has 0 spiro atoms. The number of hydrogen-bond acceptors (Lipinski definition) is 16. The number of carboxylic acids is 2. The molecule has 0 aromatic heterocycles. The molecule has 0 fully saturated rings. The van der Waals surface area contributed by atoms with Gasteiger partial charge in [0, 0.05) is 95.4 Å². The van der Waals surface area contributed by atoms with Crippen LogP contribution in [0.5, 0.6) is 0 Å². The van der Waals surface area contributed by atoms with Crippen molar-refractivity contribution in [3.05, 3.63) is 48.6 Å². The zero-order chi connectivity index (χ0) is 57.7. The Bertz CT molecular complexity index is 1790. The topological polar surface area (TPSA) is 341 Å². The van der Waals surface area contributed by atoms with Gasteiger partial charge in [0.05, 0.1) is 5.60 Å². The Labute approximate surface area is 449 Å². The fourth-order valence-corrected chi connectivity index (χ4v) is 5.25. The van der Waals surface area contributed by atoms with E-state index in [1.54, 1.807) is 27.7 Å². The van der Waals surface area contributed by atoms with Gasteiger partial charge in [-0.2, -0.15) is 0 Å². The van der Waals surface area contributed by atoms with Gasteiger partial charge >= 0.3 is 30.0 Å². The molecule has 0 aliphatic carbocycles. The Kier molecular flexibility index (Phi) is 47.4. The number of carbonyl (C=O) groups excluding carboxylic acids is 9. The highest BCUT2D eigenvalue weighted by atomic mass is 35.5. The molecular weight excluding hydrogens is 1010 g/mol. The van der Waals surface area contributed by atoms with Gasteiger partial charge in [-0.05, 0) is 112 Å². The van der Waals surface area contributed by atoms with Gasteiger partial charge in [-0.3, -0.25) is 53.1 Å². The molecule has 0 aromatic carbocycles. The van der Waals surface area contributed by atoms with Crippen LogP contribution in [0.3, 0.4) is 0 Å². The lowest BCUT2D eigenvalue weighted by Crippen LogP contribution is -2.33. The van der Waals surface area contributed by atoms with E-state index in [0.717, 1.165) is 69.9 Å². The van der Waals surface area contributed by atoms with Crippen molar-refractivity contribution in [1.29, 1.82) is 0 Å². The van der Waals surface area contributed by atoms with Crippen LogP contribution in [0.2, 0.25) is 0 Å². The maximum Gasteiger partial charge on any atom is 0.407 e. The molecule has 0 saturated carbocycles. The fraction of sp³-hybridized carbons (Fsp3) is 0.620. The second-order valence-corrected chi connectivity index (χ2v) is 17.3. The largest absolute Gasteiger partial charge is 0.481 e. The lowest BCUT2D eigenvalue weighted by Gasteiger charge is -2.19. The van der Waals surface area contributed by atoms with E-state index >= 15 is 0 Å². The van der Waals surface area contributed by atoms with Crippen molar-refractivity contribution >= 4 is 89.4 Å². The maximum atomic E-state index is 11.3. The molecule has 0 unspecified atom stereocenters. The van der Waals surface area contributed by atoms with Crippen LogP contribution >= 0.6 is 24.0 Å². The van der Waals surface area contributed by atoms with E-state index in [-0.39, 0.29) is 60.7 Å². The van der Waals surface area contributed by atoms with E-state index in [0.29, 0.717) is 65.4 Å². The number of carboxylic acid groups (broad SMARTS) is 2. The normalized spacial score (nSPS) is 13.8. The van der Waals surface area contributed by atoms with E-state index in [1.807, 2.05) is 20.8 Å². The third kappa shape index (κ3) is 48.5. The van der Waals surface area contributed by atoms with Crippen LogP contribution in [0.4, 0.5) is 4.79 Å². The molecule has 8 N–H and O–H groups in total. The lowest BCUT2D eigenvalue weighted by atomic mass is 10.2. The molecule has 0 saturated heterocycles. The van der Waals surface area contributed by atoms with Gasteiger partial charge in [0.25, 0.3) is 35.4 Å². The number of carbonyl (C=O) groups is 11. The summed E-state index contributed by atoms with van der Waals surface area (Å²) in [6.07, 6.45) is 21.0. The summed E-state index contributed by atoms with van der Waals surface area (Å²) in [5, 5.41) is 27.7. The van der Waals surface area contributed by atoms with Gasteiger partial charge in [0.2, 0.25) is 0 Å². The predicted octanol–water partition coefficient (Wildman–Crippen LogP) is 5.50. The van der Waals surface area contributed by atoms with Crippen LogP contribution in [0.15, 0.2) is 48.6 Å². The number of cyclic esters (lactones) is 2. The Morgan fingerprint density at radius 2 is 0.838 bits per heavy atom. The highest BCUT2D eigenvalue weighted by Crippen LogP contribution is 2.10. The smallest absolute Gasteiger partial charge is 0.407 e. The highest BCUT2D eigenvalue weighted by Gasteiger charge is 2.24. The van der Waals surface area contributed by atoms with Crippen molar-refractivity contribution < 1.29 is 78.9 Å². The van der Waals surface area contributed by atoms with Crippen LogP contribution in [-0.4, -0.2) is 152 Å². The average Bonchev–Trinajstić information content (AvgIpc) is 4.04. The number of halogens is 2. The minimum Gasteiger partial charge on any atom is -0.481 e. The summed E-state index contributed by atoms with van der Waals surface area (Å²) >= 11 is 4.64. The average molecular weight is 1100 g/mol. The number of nitrogens with two attached hydrogens (primary N) is 2. The van der Waals surface area contributed by atoms with Crippen molar-refractivity contribution in [2.45, 2.75) is 156 Å². The zero-order valence-corrected chi connectivity index (χ0v) is 46.0. The molecule has 22 nitrogen and oxygen atoms in total. The third-order valence-corrected chi connectivity index (χ3v) is 8.44. The summed E-state index contributed by atoms with van der Waals surface area (Å²) in [4.78, 5) is 122. The van der Waals surface area contributed by atoms with Gasteiger partial charge in [-0.1, -0.05) is 33.1 Å². The molecule has 4 rings (SSSR count). The molecule has 0 bridgehead atoms. The number of nitrogens with zero attached hydrogens (tertiary/aromatic N) is 3. The van der Waals surface area contributed by atoms with Gasteiger partial charge in [-0.25, -0.2) is 14.4 Å². The van der Waals surface area contributed by atoms with E-state index in [2.05, 4.69) is 21.7 Å². The van der Waals surface area contributed by atoms with E-state index in [4.69, 9.17) is 32.9 Å². The molecule has 424 valence electrons. The number of imide groups is 3. The third-order valence-electron chi connectivity index (χ3n) is 8.44. The first-order chi connectivity index (χ1) is 34.6. The highest BCUT2D eigenvalue weighted by molar-refractivity contribution is 6.15. The Morgan fingerprint density at radius 3 is 1.08 bits per heavy atom. The number of nitrogens with one attached hydrogen (secondary N) is 1. The second-order valence-electron chi connectivity index (χ2n) is 17.3. The van der Waals surface area contributed by atoms with Crippen molar-refractivity contribution in [1.82, 2.24) is 20.0 Å². The molecular formula is C50H84Cl2N6O16. The van der Waals surface area contributed by atoms with Crippen molar-refractivity contribution in [2.75, 3.05) is 45.7 Å². The summed E-state index contributed by atoms with van der Waals surface area (Å²) in [6.45, 7) is 16.1. The maximum absolute atomic E-state index is 11.3. The number of unbranched alkanes of at least 4 members (excludes halogenated alkanes) is 8. The first-order valence-electron chi connectivity index (χ1n) is 24.6. The summed E-state index contributed by atoms with van der Waals surface area (Å²) in [5.74, 6) is -4.14. The first kappa shape index (κ1) is 74.7. The monoisotopic (exact) mass is 1100 g/mol. The molecule has 4 aliphatic heterocycles. The van der Waals surface area contributed by atoms with Crippen LogP contribution in [0.25, 0.3) is 0 Å². The van der Waals surface area contributed by atoms with E-state index < -0.39 is 41.2 Å². The van der Waals surface area contributed by atoms with Gasteiger partial charge < -0.3 is 41.6 Å². The quantitative estimate of drug-likeness (QED) is 0.0256. The SMILES string of the molecule is CC(C)(C)O.CC(C)(C)OC(=O)NCCCCCN1C(=O)C=CC1=O.CCl.Cl.NCCCCCC(=O)O.NCCCCCN1C(=O)C=CC1=O.O=C(O)CCCCCN1C(=O)C=CC1=O.O=C1C=CC(=O)O1.[2H]CC. The second kappa shape index (κ2) is 46.9. The molecule has 4 heterocycles. The number of esters is 2. The van der Waals surface area contributed by atoms with Gasteiger partial charge in [-0.15, -0.1) is 24.0 Å². The zero-order valence-electron chi connectivity index (χ0n) is 45.4. The minimum absolute atomic E-state index is 0. The van der Waals surface area contributed by atoms with Crippen LogP contribution in [-0.2, 0) is 57.4 Å². The van der Waals surface area contributed by atoms with E-state index in [9.17, 15) is 52.7 Å². The number of alkyl halides is 1. The Balaban J connectivity index is -0.000000267. The Hall–Kier alpha value is -5.81. The molecule has 0 aromatic rings. The lowest BCUT2D eigenvalue weighted by molar-refractivity contribution is -0.150. The minimum atomic E-state index is -0.815. The summed E-state index contributed by atoms with van der Waals surface area (Å²) in [6, 6.07) is 0. The number of ether oxygens (including phenoxy) is 2. The first-order valence-corrected chi connectivity index (χ1v) is 24.6. The number of aliphatic carboxylic acids is 2. The van der Waals surface area contributed by atoms with Gasteiger partial charge in [0.1, 0.15) is 5.60 Å². The molecule has 24 heteroatoms. The molecule has 4 aliphatic rings. The van der Waals surface area contributed by atoms with Crippen molar-refractivity contribution in [3.8, 4) is 0 Å². The van der Waals surface area contributed by atoms with Crippen molar-refractivity contribution in [2.24, 2.45) is 11.5 Å². The standard InChI is InChI=1S/C14H22N2O4.C10H13NO4.C9H14N2O2.C6H13NO2.C4H2O3.C4H10O.C2H6.CH3Cl.ClH/c1-14(2,3)20-13(19)15-9-5-4-6-10-16-11(17)7-8-12(16)18;12-8-5-6-9(13)11(8)7-3-1-2-4-10(14)15;10-6-2-1-3-7-11-8(12)4-5-9(11)13;7-5-3-1-2-4-6(8)9;5-3-1-2-4(6)7-3;1-4(2,3)5;2*1-2;/h7-8H,4-6,9-10H2,1-3H3,(H,15,19);5-6H,1-4,7H2,(H,14,15);4-5H,1-3,6-7,10H2;1-5,7H2,(H,8,9);1-2H;5H,1-3H3;1-2H3;1H3;1H/i;;;;;;1D;;. The molecule has 0 radical (unpaired) electrons. The number of aliphatic hydroxyl groups is 1. The van der Waals surface area contributed by atoms with E-state index in [1.165, 1.54) is 57.5 Å². The molecule has 74 heavy (non-hydrogen) atoms. The van der Waals surface area contributed by atoms with Crippen LogP contribution in [0.1, 0.15) is 147 Å².